The molecule has 0 amide bonds. The van der Waals surface area contributed by atoms with Crippen LogP contribution in [0, 0.1) is 12.7 Å². The monoisotopic (exact) mass is 323 g/mol. The first kappa shape index (κ1) is 14.0. The molecule has 0 bridgehead atoms. The first-order valence-corrected chi connectivity index (χ1v) is 6.67. The van der Waals surface area contributed by atoms with Crippen molar-refractivity contribution < 1.29 is 9.13 Å². The van der Waals surface area contributed by atoms with Gasteiger partial charge in [0.25, 0.3) is 0 Å². The van der Waals surface area contributed by atoms with Crippen molar-refractivity contribution in [2.24, 2.45) is 5.73 Å². The van der Waals surface area contributed by atoms with E-state index in [0.29, 0.717) is 0 Å². The molecule has 2 aromatic rings. The summed E-state index contributed by atoms with van der Waals surface area (Å²) in [7, 11) is 1.61. The van der Waals surface area contributed by atoms with Gasteiger partial charge in [0, 0.05) is 10.0 Å². The zero-order valence-corrected chi connectivity index (χ0v) is 12.4. The maximum absolute atomic E-state index is 13.1. The first-order valence-electron chi connectivity index (χ1n) is 5.88. The molecule has 2 aromatic carbocycles. The molecule has 0 aliphatic heterocycles. The van der Waals surface area contributed by atoms with Crippen molar-refractivity contribution in [2.45, 2.75) is 13.0 Å². The molecule has 2 rings (SSSR count). The van der Waals surface area contributed by atoms with Gasteiger partial charge in [-0.1, -0.05) is 22.0 Å². The molecular formula is C15H15BrFNO. The Balaban J connectivity index is 2.49. The maximum Gasteiger partial charge on any atom is 0.124 e. The molecule has 0 aliphatic rings. The van der Waals surface area contributed by atoms with Gasteiger partial charge in [-0.15, -0.1) is 0 Å². The lowest BCUT2D eigenvalue weighted by molar-refractivity contribution is 0.407. The summed E-state index contributed by atoms with van der Waals surface area (Å²) in [6, 6.07) is 9.95. The number of benzene rings is 2. The molecule has 0 spiro atoms. The second-order valence-corrected chi connectivity index (χ2v) is 5.28. The Hall–Kier alpha value is -1.39. The number of hydrogen-bond acceptors (Lipinski definition) is 2. The highest BCUT2D eigenvalue weighted by Crippen LogP contribution is 2.32. The van der Waals surface area contributed by atoms with Crippen LogP contribution in [0.2, 0.25) is 0 Å². The van der Waals surface area contributed by atoms with Crippen LogP contribution in [0.15, 0.2) is 40.9 Å². The van der Waals surface area contributed by atoms with Crippen molar-refractivity contribution in [2.75, 3.05) is 7.11 Å². The molecule has 0 fully saturated rings. The van der Waals surface area contributed by atoms with Gasteiger partial charge in [0.15, 0.2) is 0 Å². The molecule has 1 unspecified atom stereocenters. The largest absolute Gasteiger partial charge is 0.496 e. The van der Waals surface area contributed by atoms with E-state index in [1.165, 1.54) is 12.1 Å². The topological polar surface area (TPSA) is 35.2 Å². The van der Waals surface area contributed by atoms with E-state index in [-0.39, 0.29) is 11.9 Å². The van der Waals surface area contributed by atoms with Gasteiger partial charge in [-0.25, -0.2) is 4.39 Å². The Morgan fingerprint density at radius 3 is 2.53 bits per heavy atom. The smallest absolute Gasteiger partial charge is 0.124 e. The van der Waals surface area contributed by atoms with Gasteiger partial charge in [-0.05, 0) is 48.4 Å². The standard InChI is InChI=1S/C15H15BrFNO/c1-9-7-11(17)4-5-12(9)15(18)13-8-10(16)3-6-14(13)19-2/h3-8,15H,18H2,1-2H3. The van der Waals surface area contributed by atoms with Gasteiger partial charge < -0.3 is 10.5 Å². The molecule has 0 aliphatic carbocycles. The summed E-state index contributed by atoms with van der Waals surface area (Å²) in [5, 5.41) is 0. The van der Waals surface area contributed by atoms with Crippen molar-refractivity contribution in [3.8, 4) is 5.75 Å². The summed E-state index contributed by atoms with van der Waals surface area (Å²) in [5.41, 5.74) is 8.87. The van der Waals surface area contributed by atoms with Crippen LogP contribution in [0.25, 0.3) is 0 Å². The molecule has 0 saturated heterocycles. The third-order valence-corrected chi connectivity index (χ3v) is 3.59. The van der Waals surface area contributed by atoms with E-state index in [0.717, 1.165) is 26.9 Å². The predicted molar refractivity (Wildman–Crippen MR) is 77.9 cm³/mol. The number of halogens is 2. The molecule has 1 atom stereocenters. The highest BCUT2D eigenvalue weighted by Gasteiger charge is 2.16. The van der Waals surface area contributed by atoms with E-state index in [1.54, 1.807) is 13.2 Å². The van der Waals surface area contributed by atoms with Crippen LogP contribution in [-0.2, 0) is 0 Å². The quantitative estimate of drug-likeness (QED) is 0.928. The van der Waals surface area contributed by atoms with E-state index in [4.69, 9.17) is 10.5 Å². The fourth-order valence-corrected chi connectivity index (χ4v) is 2.48. The zero-order chi connectivity index (χ0) is 14.0. The maximum atomic E-state index is 13.1. The second kappa shape index (κ2) is 5.72. The van der Waals surface area contributed by atoms with Crippen molar-refractivity contribution in [3.05, 3.63) is 63.4 Å². The molecule has 0 radical (unpaired) electrons. The summed E-state index contributed by atoms with van der Waals surface area (Å²) in [6.45, 7) is 1.85. The summed E-state index contributed by atoms with van der Waals surface area (Å²) in [6.07, 6.45) is 0. The van der Waals surface area contributed by atoms with Crippen molar-refractivity contribution in [3.63, 3.8) is 0 Å². The van der Waals surface area contributed by atoms with Crippen LogP contribution < -0.4 is 10.5 Å². The Bertz CT molecular complexity index is 601. The first-order chi connectivity index (χ1) is 9.02. The van der Waals surface area contributed by atoms with Gasteiger partial charge in [-0.2, -0.15) is 0 Å². The lowest BCUT2D eigenvalue weighted by Gasteiger charge is -2.18. The van der Waals surface area contributed by atoms with Gasteiger partial charge in [-0.3, -0.25) is 0 Å². The van der Waals surface area contributed by atoms with Gasteiger partial charge in [0.2, 0.25) is 0 Å². The number of methoxy groups -OCH3 is 1. The summed E-state index contributed by atoms with van der Waals surface area (Å²) >= 11 is 3.43. The summed E-state index contributed by atoms with van der Waals surface area (Å²) < 4.78 is 19.4. The average Bonchev–Trinajstić information content (AvgIpc) is 2.38. The van der Waals surface area contributed by atoms with Crippen molar-refractivity contribution in [1.82, 2.24) is 0 Å². The Kier molecular flexibility index (Phi) is 4.22. The van der Waals surface area contributed by atoms with Crippen LogP contribution in [0.5, 0.6) is 5.75 Å². The third kappa shape index (κ3) is 2.96. The molecule has 0 aromatic heterocycles. The number of aryl methyl sites for hydroxylation is 1. The number of rotatable bonds is 3. The lowest BCUT2D eigenvalue weighted by Crippen LogP contribution is -2.14. The molecule has 0 heterocycles. The normalized spacial score (nSPS) is 12.3. The highest BCUT2D eigenvalue weighted by atomic mass is 79.9. The van der Waals surface area contributed by atoms with Crippen LogP contribution >= 0.6 is 15.9 Å². The fourth-order valence-electron chi connectivity index (χ4n) is 2.10. The SMILES string of the molecule is COc1ccc(Br)cc1C(N)c1ccc(F)cc1C. The van der Waals surface area contributed by atoms with Crippen LogP contribution in [0.3, 0.4) is 0 Å². The van der Waals surface area contributed by atoms with Gasteiger partial charge >= 0.3 is 0 Å². The molecule has 2 nitrogen and oxygen atoms in total. The Labute approximate surface area is 120 Å². The van der Waals surface area contributed by atoms with E-state index < -0.39 is 0 Å². The van der Waals surface area contributed by atoms with Crippen LogP contribution in [-0.4, -0.2) is 7.11 Å². The van der Waals surface area contributed by atoms with E-state index >= 15 is 0 Å². The Morgan fingerprint density at radius 1 is 1.16 bits per heavy atom. The molecular weight excluding hydrogens is 309 g/mol. The van der Waals surface area contributed by atoms with Gasteiger partial charge in [0.05, 0.1) is 13.2 Å². The molecule has 2 N–H and O–H groups in total. The molecule has 100 valence electrons. The van der Waals surface area contributed by atoms with Crippen LogP contribution in [0.1, 0.15) is 22.7 Å². The highest BCUT2D eigenvalue weighted by molar-refractivity contribution is 9.10. The minimum atomic E-state index is -0.354. The third-order valence-electron chi connectivity index (χ3n) is 3.09. The average molecular weight is 324 g/mol. The number of hydrogen-bond donors (Lipinski definition) is 1. The minimum absolute atomic E-state index is 0.255. The second-order valence-electron chi connectivity index (χ2n) is 4.36. The lowest BCUT2D eigenvalue weighted by atomic mass is 9.95. The molecule has 19 heavy (non-hydrogen) atoms. The van der Waals surface area contributed by atoms with Crippen molar-refractivity contribution >= 4 is 15.9 Å². The number of nitrogens with two attached hydrogens (primary N) is 1. The van der Waals surface area contributed by atoms with E-state index in [2.05, 4.69) is 15.9 Å². The number of ether oxygens (including phenoxy) is 1. The van der Waals surface area contributed by atoms with E-state index in [9.17, 15) is 4.39 Å². The van der Waals surface area contributed by atoms with Crippen molar-refractivity contribution in [1.29, 1.82) is 0 Å². The predicted octanol–water partition coefficient (Wildman–Crippen LogP) is 3.95. The summed E-state index contributed by atoms with van der Waals surface area (Å²) in [5.74, 6) is 0.467. The van der Waals surface area contributed by atoms with E-state index in [1.807, 2.05) is 25.1 Å². The minimum Gasteiger partial charge on any atom is -0.496 e. The zero-order valence-electron chi connectivity index (χ0n) is 10.8. The molecule has 0 saturated carbocycles. The molecule has 4 heteroatoms. The summed E-state index contributed by atoms with van der Waals surface area (Å²) in [4.78, 5) is 0. The Morgan fingerprint density at radius 2 is 1.89 bits per heavy atom. The van der Waals surface area contributed by atoms with Crippen LogP contribution in [0.4, 0.5) is 4.39 Å². The fraction of sp³-hybridized carbons (Fsp3) is 0.200. The van der Waals surface area contributed by atoms with Gasteiger partial charge in [0.1, 0.15) is 11.6 Å².